The van der Waals surface area contributed by atoms with Crippen LogP contribution in [0.25, 0.3) is 0 Å². The Kier molecular flexibility index (Phi) is 2.26. The van der Waals surface area contributed by atoms with Gasteiger partial charge in [-0.1, -0.05) is 0 Å². The minimum Gasteiger partial charge on any atom is -0.365 e. The Hall–Kier alpha value is -1.60. The third-order valence-electron chi connectivity index (χ3n) is 3.61. The van der Waals surface area contributed by atoms with Gasteiger partial charge in [-0.25, -0.2) is 0 Å². The maximum Gasteiger partial charge on any atom is 0.101 e. The molecule has 4 nitrogen and oxygen atoms in total. The van der Waals surface area contributed by atoms with Crippen LogP contribution in [0.2, 0.25) is 0 Å². The fourth-order valence-electron chi connectivity index (χ4n) is 2.67. The van der Waals surface area contributed by atoms with E-state index in [-0.39, 0.29) is 0 Å². The lowest BCUT2D eigenvalue weighted by atomic mass is 9.83. The van der Waals surface area contributed by atoms with Crippen molar-refractivity contribution >= 4 is 5.69 Å². The minimum atomic E-state index is 0.601. The zero-order valence-electron chi connectivity index (χ0n) is 9.06. The number of piperidine rings is 1. The Labute approximate surface area is 94.9 Å². The fourth-order valence-corrected chi connectivity index (χ4v) is 2.67. The lowest BCUT2D eigenvalue weighted by Crippen LogP contribution is -2.63. The molecule has 0 amide bonds. The van der Waals surface area contributed by atoms with Gasteiger partial charge in [0.25, 0.3) is 0 Å². The van der Waals surface area contributed by atoms with Gasteiger partial charge >= 0.3 is 0 Å². The van der Waals surface area contributed by atoms with Crippen molar-refractivity contribution in [3.05, 3.63) is 24.0 Å². The summed E-state index contributed by atoms with van der Waals surface area (Å²) in [5, 5.41) is 12.3. The number of nitrogens with one attached hydrogen (secondary N) is 1. The molecule has 0 unspecified atom stereocenters. The zero-order valence-corrected chi connectivity index (χ0v) is 9.06. The van der Waals surface area contributed by atoms with Crippen molar-refractivity contribution in [2.24, 2.45) is 5.92 Å². The van der Waals surface area contributed by atoms with E-state index in [1.54, 1.807) is 6.20 Å². The molecule has 3 heterocycles. The summed E-state index contributed by atoms with van der Waals surface area (Å²) in [6, 6.07) is 4.67. The van der Waals surface area contributed by atoms with Crippen molar-refractivity contribution in [3.63, 3.8) is 0 Å². The van der Waals surface area contributed by atoms with Crippen molar-refractivity contribution in [1.82, 2.24) is 10.3 Å². The number of nitriles is 1. The molecule has 2 aliphatic rings. The summed E-state index contributed by atoms with van der Waals surface area (Å²) in [4.78, 5) is 6.46. The lowest BCUT2D eigenvalue weighted by Gasteiger charge is -2.52. The molecule has 0 spiro atoms. The Morgan fingerprint density at radius 1 is 1.50 bits per heavy atom. The van der Waals surface area contributed by atoms with Gasteiger partial charge in [0.05, 0.1) is 17.4 Å². The minimum absolute atomic E-state index is 0.601. The smallest absolute Gasteiger partial charge is 0.101 e. The Bertz CT molecular complexity index is 437. The first-order valence-electron chi connectivity index (χ1n) is 5.71. The molecule has 2 atom stereocenters. The molecule has 0 aromatic carbocycles. The van der Waals surface area contributed by atoms with Crippen molar-refractivity contribution in [3.8, 4) is 6.07 Å². The van der Waals surface area contributed by atoms with Gasteiger partial charge in [-0.2, -0.15) is 5.26 Å². The van der Waals surface area contributed by atoms with Gasteiger partial charge in [0.2, 0.25) is 0 Å². The van der Waals surface area contributed by atoms with E-state index in [1.807, 2.05) is 12.3 Å². The van der Waals surface area contributed by atoms with Crippen LogP contribution in [0, 0.1) is 17.2 Å². The maximum atomic E-state index is 8.85. The first-order chi connectivity index (χ1) is 7.88. The number of hydrogen-bond acceptors (Lipinski definition) is 4. The molecule has 0 saturated carbocycles. The number of anilines is 1. The number of hydrogen-bond donors (Lipinski definition) is 1. The van der Waals surface area contributed by atoms with E-state index >= 15 is 0 Å². The van der Waals surface area contributed by atoms with Gasteiger partial charge in [-0.05, 0) is 24.9 Å². The number of pyridine rings is 1. The summed E-state index contributed by atoms with van der Waals surface area (Å²) in [5.41, 5.74) is 1.73. The summed E-state index contributed by atoms with van der Waals surface area (Å²) >= 11 is 0. The van der Waals surface area contributed by atoms with Crippen LogP contribution in [0.5, 0.6) is 0 Å². The summed E-state index contributed by atoms with van der Waals surface area (Å²) in [6.45, 7) is 3.32. The van der Waals surface area contributed by atoms with Gasteiger partial charge < -0.3 is 10.2 Å². The quantitative estimate of drug-likeness (QED) is 0.749. The van der Waals surface area contributed by atoms with Crippen molar-refractivity contribution in [2.75, 3.05) is 24.5 Å². The number of nitrogens with zero attached hydrogens (tertiary/aromatic N) is 3. The highest BCUT2D eigenvalue weighted by atomic mass is 15.3. The largest absolute Gasteiger partial charge is 0.365 e. The lowest BCUT2D eigenvalue weighted by molar-refractivity contribution is 0.229. The Morgan fingerprint density at radius 3 is 3.25 bits per heavy atom. The molecular formula is C12H14N4. The summed E-state index contributed by atoms with van der Waals surface area (Å²) < 4.78 is 0. The zero-order chi connectivity index (χ0) is 11.0. The average Bonchev–Trinajstić information content (AvgIpc) is 2.31. The molecule has 3 rings (SSSR count). The Balaban J connectivity index is 1.81. The highest BCUT2D eigenvalue weighted by Crippen LogP contribution is 2.34. The second kappa shape index (κ2) is 3.76. The molecule has 2 saturated heterocycles. The van der Waals surface area contributed by atoms with E-state index in [0.29, 0.717) is 11.6 Å². The Morgan fingerprint density at radius 2 is 2.44 bits per heavy atom. The molecule has 0 bridgehead atoms. The van der Waals surface area contributed by atoms with Crippen molar-refractivity contribution in [2.45, 2.75) is 12.5 Å². The standard InChI is InChI=1S/C12H14N4/c13-4-9-3-11(6-15-5-9)16-8-10-1-2-14-7-12(10)16/h3,5-6,10,12,14H,1-2,7-8H2/t10-,12-/m1/s1. The molecule has 1 aromatic heterocycles. The van der Waals surface area contributed by atoms with Crippen LogP contribution in [0.3, 0.4) is 0 Å². The summed E-state index contributed by atoms with van der Waals surface area (Å²) in [5.74, 6) is 0.826. The summed E-state index contributed by atoms with van der Waals surface area (Å²) in [7, 11) is 0. The molecule has 2 fully saturated rings. The third kappa shape index (κ3) is 1.44. The highest BCUT2D eigenvalue weighted by molar-refractivity contribution is 5.52. The molecule has 0 radical (unpaired) electrons. The molecule has 1 aromatic rings. The van der Waals surface area contributed by atoms with Gasteiger partial charge in [0.15, 0.2) is 0 Å². The van der Waals surface area contributed by atoms with Crippen LogP contribution in [0.15, 0.2) is 18.5 Å². The molecular weight excluding hydrogens is 200 g/mol. The van der Waals surface area contributed by atoms with Crippen LogP contribution in [-0.2, 0) is 0 Å². The molecule has 4 heteroatoms. The van der Waals surface area contributed by atoms with Gasteiger partial charge in [-0.3, -0.25) is 4.98 Å². The number of aromatic nitrogens is 1. The van der Waals surface area contributed by atoms with Gasteiger partial charge in [0, 0.05) is 25.3 Å². The first-order valence-corrected chi connectivity index (χ1v) is 5.71. The molecule has 82 valence electrons. The predicted octanol–water partition coefficient (Wildman–Crippen LogP) is 0.751. The van der Waals surface area contributed by atoms with E-state index in [4.69, 9.17) is 5.26 Å². The number of rotatable bonds is 1. The number of fused-ring (bicyclic) bond motifs is 1. The molecule has 16 heavy (non-hydrogen) atoms. The molecule has 0 aliphatic carbocycles. The second-order valence-corrected chi connectivity index (χ2v) is 4.52. The molecule has 2 aliphatic heterocycles. The van der Waals surface area contributed by atoms with E-state index in [1.165, 1.54) is 6.42 Å². The van der Waals surface area contributed by atoms with Crippen molar-refractivity contribution in [1.29, 1.82) is 5.26 Å². The van der Waals surface area contributed by atoms with Gasteiger partial charge in [0.1, 0.15) is 6.07 Å². The van der Waals surface area contributed by atoms with Crippen LogP contribution in [0.4, 0.5) is 5.69 Å². The van der Waals surface area contributed by atoms with E-state index in [9.17, 15) is 0 Å². The van der Waals surface area contributed by atoms with Crippen LogP contribution in [0.1, 0.15) is 12.0 Å². The van der Waals surface area contributed by atoms with Gasteiger partial charge in [-0.15, -0.1) is 0 Å². The SMILES string of the molecule is N#Cc1cncc(N2C[C@H]3CCNC[C@H]32)c1. The highest BCUT2D eigenvalue weighted by Gasteiger charge is 2.40. The third-order valence-corrected chi connectivity index (χ3v) is 3.61. The molecule has 1 N–H and O–H groups in total. The topological polar surface area (TPSA) is 52.0 Å². The van der Waals surface area contributed by atoms with E-state index in [0.717, 1.165) is 31.2 Å². The first kappa shape index (κ1) is 9.61. The average molecular weight is 214 g/mol. The van der Waals surface area contributed by atoms with Crippen LogP contribution >= 0.6 is 0 Å². The normalized spacial score (nSPS) is 27.8. The maximum absolute atomic E-state index is 8.85. The van der Waals surface area contributed by atoms with Crippen LogP contribution in [-0.4, -0.2) is 30.7 Å². The van der Waals surface area contributed by atoms with Crippen molar-refractivity contribution < 1.29 is 0 Å². The predicted molar refractivity (Wildman–Crippen MR) is 61.1 cm³/mol. The van der Waals surface area contributed by atoms with E-state index < -0.39 is 0 Å². The fraction of sp³-hybridized carbons (Fsp3) is 0.500. The van der Waals surface area contributed by atoms with E-state index in [2.05, 4.69) is 21.3 Å². The second-order valence-electron chi connectivity index (χ2n) is 4.52. The summed E-state index contributed by atoms with van der Waals surface area (Å²) in [6.07, 6.45) is 4.73. The van der Waals surface area contributed by atoms with Crippen LogP contribution < -0.4 is 10.2 Å². The monoisotopic (exact) mass is 214 g/mol.